The van der Waals surface area contributed by atoms with Crippen molar-refractivity contribution in [3.63, 3.8) is 0 Å². The standard InChI is InChI=1S/C14H19N3O/c1-16-8-5-14(6-9-16)11-4-3-7-15-12(11)10-17(2)13(14)18/h3-4,7H,5-6,8-10H2,1-2H3. The third kappa shape index (κ3) is 1.56. The first kappa shape index (κ1) is 11.7. The number of rotatable bonds is 0. The molecule has 0 saturated carbocycles. The van der Waals surface area contributed by atoms with Crippen molar-refractivity contribution in [2.45, 2.75) is 24.8 Å². The van der Waals surface area contributed by atoms with Crippen LogP contribution in [0.25, 0.3) is 0 Å². The van der Waals surface area contributed by atoms with E-state index in [4.69, 9.17) is 0 Å². The normalized spacial score (nSPS) is 23.2. The summed E-state index contributed by atoms with van der Waals surface area (Å²) in [6.45, 7) is 2.61. The van der Waals surface area contributed by atoms with E-state index in [0.717, 1.165) is 31.6 Å². The Morgan fingerprint density at radius 1 is 1.28 bits per heavy atom. The second-order valence-corrected chi connectivity index (χ2v) is 5.54. The summed E-state index contributed by atoms with van der Waals surface area (Å²) >= 11 is 0. The van der Waals surface area contributed by atoms with Crippen LogP contribution in [0.2, 0.25) is 0 Å². The zero-order valence-corrected chi connectivity index (χ0v) is 11.0. The maximum atomic E-state index is 12.7. The van der Waals surface area contributed by atoms with Gasteiger partial charge in [0.05, 0.1) is 17.7 Å². The average Bonchev–Trinajstić information content (AvgIpc) is 2.39. The predicted molar refractivity (Wildman–Crippen MR) is 69.1 cm³/mol. The number of likely N-dealkylation sites (tertiary alicyclic amines) is 1. The van der Waals surface area contributed by atoms with Crippen LogP contribution < -0.4 is 0 Å². The van der Waals surface area contributed by atoms with Crippen LogP contribution >= 0.6 is 0 Å². The number of fused-ring (bicyclic) bond motifs is 2. The van der Waals surface area contributed by atoms with E-state index in [9.17, 15) is 4.79 Å². The fourth-order valence-electron chi connectivity index (χ4n) is 3.26. The molecule has 2 aliphatic heterocycles. The van der Waals surface area contributed by atoms with Crippen molar-refractivity contribution in [2.24, 2.45) is 0 Å². The molecule has 1 aromatic heterocycles. The largest absolute Gasteiger partial charge is 0.339 e. The lowest BCUT2D eigenvalue weighted by atomic mass is 9.69. The van der Waals surface area contributed by atoms with Crippen molar-refractivity contribution in [2.75, 3.05) is 27.2 Å². The maximum Gasteiger partial charge on any atom is 0.233 e. The SMILES string of the molecule is CN1CCC2(CC1)C(=O)N(C)Cc1ncccc12. The van der Waals surface area contributed by atoms with Gasteiger partial charge in [0, 0.05) is 13.2 Å². The van der Waals surface area contributed by atoms with Crippen LogP contribution in [0.15, 0.2) is 18.3 Å². The van der Waals surface area contributed by atoms with E-state index in [0.29, 0.717) is 6.54 Å². The van der Waals surface area contributed by atoms with Crippen molar-refractivity contribution in [1.29, 1.82) is 0 Å². The molecule has 0 radical (unpaired) electrons. The highest BCUT2D eigenvalue weighted by Crippen LogP contribution is 2.41. The van der Waals surface area contributed by atoms with Gasteiger partial charge in [0.25, 0.3) is 0 Å². The molecule has 0 bridgehead atoms. The van der Waals surface area contributed by atoms with E-state index in [-0.39, 0.29) is 11.3 Å². The molecular weight excluding hydrogens is 226 g/mol. The minimum atomic E-state index is -0.316. The molecule has 0 unspecified atom stereocenters. The molecule has 4 heteroatoms. The van der Waals surface area contributed by atoms with Crippen molar-refractivity contribution in [3.05, 3.63) is 29.6 Å². The molecule has 0 aliphatic carbocycles. The van der Waals surface area contributed by atoms with E-state index >= 15 is 0 Å². The smallest absolute Gasteiger partial charge is 0.233 e. The van der Waals surface area contributed by atoms with Crippen LogP contribution in [-0.4, -0.2) is 47.9 Å². The third-order valence-corrected chi connectivity index (χ3v) is 4.39. The molecule has 0 N–H and O–H groups in total. The summed E-state index contributed by atoms with van der Waals surface area (Å²) in [5.74, 6) is 0.274. The molecule has 96 valence electrons. The second-order valence-electron chi connectivity index (χ2n) is 5.54. The zero-order valence-electron chi connectivity index (χ0n) is 11.0. The summed E-state index contributed by atoms with van der Waals surface area (Å²) in [5, 5.41) is 0. The maximum absolute atomic E-state index is 12.7. The molecule has 0 atom stereocenters. The molecule has 1 spiro atoms. The van der Waals surface area contributed by atoms with Gasteiger partial charge >= 0.3 is 0 Å². The third-order valence-electron chi connectivity index (χ3n) is 4.39. The van der Waals surface area contributed by atoms with Crippen LogP contribution in [-0.2, 0) is 16.8 Å². The molecule has 1 saturated heterocycles. The highest BCUT2D eigenvalue weighted by molar-refractivity contribution is 5.90. The summed E-state index contributed by atoms with van der Waals surface area (Å²) in [6, 6.07) is 4.05. The van der Waals surface area contributed by atoms with Crippen molar-refractivity contribution < 1.29 is 4.79 Å². The summed E-state index contributed by atoms with van der Waals surface area (Å²) in [6.07, 6.45) is 3.64. The van der Waals surface area contributed by atoms with Gasteiger partial charge in [-0.05, 0) is 44.6 Å². The van der Waals surface area contributed by atoms with E-state index < -0.39 is 0 Å². The molecule has 0 aromatic carbocycles. The second kappa shape index (κ2) is 4.05. The number of amides is 1. The molecular formula is C14H19N3O. The predicted octanol–water partition coefficient (Wildman–Crippen LogP) is 1.02. The van der Waals surface area contributed by atoms with Crippen LogP contribution in [0.5, 0.6) is 0 Å². The van der Waals surface area contributed by atoms with Gasteiger partial charge in [-0.25, -0.2) is 0 Å². The molecule has 4 nitrogen and oxygen atoms in total. The molecule has 1 fully saturated rings. The molecule has 2 aliphatic rings. The van der Waals surface area contributed by atoms with Gasteiger partial charge in [0.15, 0.2) is 0 Å². The van der Waals surface area contributed by atoms with Gasteiger partial charge < -0.3 is 9.80 Å². The number of carbonyl (C=O) groups excluding carboxylic acids is 1. The van der Waals surface area contributed by atoms with Crippen LogP contribution in [0.3, 0.4) is 0 Å². The highest BCUT2D eigenvalue weighted by Gasteiger charge is 2.47. The Kier molecular flexibility index (Phi) is 2.63. The van der Waals surface area contributed by atoms with E-state index in [2.05, 4.69) is 23.0 Å². The minimum Gasteiger partial charge on any atom is -0.339 e. The van der Waals surface area contributed by atoms with Gasteiger partial charge in [-0.3, -0.25) is 9.78 Å². The Hall–Kier alpha value is -1.42. The number of pyridine rings is 1. The van der Waals surface area contributed by atoms with Gasteiger partial charge in [0.1, 0.15) is 0 Å². The number of hydrogen-bond donors (Lipinski definition) is 0. The fraction of sp³-hybridized carbons (Fsp3) is 0.571. The lowest BCUT2D eigenvalue weighted by Gasteiger charge is -2.45. The molecule has 1 amide bonds. The minimum absolute atomic E-state index is 0.274. The zero-order chi connectivity index (χ0) is 12.8. The molecule has 3 rings (SSSR count). The molecule has 1 aromatic rings. The van der Waals surface area contributed by atoms with Crippen LogP contribution in [0, 0.1) is 0 Å². The summed E-state index contributed by atoms with van der Waals surface area (Å²) < 4.78 is 0. The van der Waals surface area contributed by atoms with E-state index in [1.54, 1.807) is 0 Å². The van der Waals surface area contributed by atoms with Crippen LogP contribution in [0.4, 0.5) is 0 Å². The lowest BCUT2D eigenvalue weighted by Crippen LogP contribution is -2.54. The van der Waals surface area contributed by atoms with Crippen LogP contribution in [0.1, 0.15) is 24.1 Å². The lowest BCUT2D eigenvalue weighted by molar-refractivity contribution is -0.140. The number of aromatic nitrogens is 1. The Morgan fingerprint density at radius 2 is 2.00 bits per heavy atom. The monoisotopic (exact) mass is 245 g/mol. The Labute approximate surface area is 108 Å². The van der Waals surface area contributed by atoms with E-state index in [1.807, 2.05) is 24.2 Å². The molecule has 3 heterocycles. The summed E-state index contributed by atoms with van der Waals surface area (Å²) in [5.41, 5.74) is 1.92. The number of piperidine rings is 1. The Balaban J connectivity index is 2.09. The quantitative estimate of drug-likeness (QED) is 0.684. The molecule has 18 heavy (non-hydrogen) atoms. The first-order valence-corrected chi connectivity index (χ1v) is 6.52. The van der Waals surface area contributed by atoms with Gasteiger partial charge in [-0.15, -0.1) is 0 Å². The van der Waals surface area contributed by atoms with Gasteiger partial charge in [-0.2, -0.15) is 0 Å². The topological polar surface area (TPSA) is 36.4 Å². The summed E-state index contributed by atoms with van der Waals surface area (Å²) in [7, 11) is 4.01. The Bertz CT molecular complexity index is 478. The van der Waals surface area contributed by atoms with Crippen molar-refractivity contribution >= 4 is 5.91 Å². The average molecular weight is 245 g/mol. The Morgan fingerprint density at radius 3 is 2.72 bits per heavy atom. The van der Waals surface area contributed by atoms with Crippen molar-refractivity contribution in [3.8, 4) is 0 Å². The number of nitrogens with zero attached hydrogens (tertiary/aromatic N) is 3. The highest BCUT2D eigenvalue weighted by atomic mass is 16.2. The van der Waals surface area contributed by atoms with Gasteiger partial charge in [-0.1, -0.05) is 6.07 Å². The fourth-order valence-corrected chi connectivity index (χ4v) is 3.26. The number of carbonyl (C=O) groups is 1. The summed E-state index contributed by atoms with van der Waals surface area (Å²) in [4.78, 5) is 21.2. The number of hydrogen-bond acceptors (Lipinski definition) is 3. The van der Waals surface area contributed by atoms with E-state index in [1.165, 1.54) is 5.56 Å². The van der Waals surface area contributed by atoms with Crippen molar-refractivity contribution in [1.82, 2.24) is 14.8 Å². The number of likely N-dealkylation sites (N-methyl/N-ethyl adjacent to an activating group) is 1. The van der Waals surface area contributed by atoms with Gasteiger partial charge in [0.2, 0.25) is 5.91 Å². The first-order valence-electron chi connectivity index (χ1n) is 6.52. The first-order chi connectivity index (χ1) is 8.63.